The second-order valence-corrected chi connectivity index (χ2v) is 9.64. The zero-order valence-electron chi connectivity index (χ0n) is 20.0. The summed E-state index contributed by atoms with van der Waals surface area (Å²) in [7, 11) is 0. The maximum atomic E-state index is 2.49. The highest BCUT2D eigenvalue weighted by molar-refractivity contribution is 4.56. The molecule has 0 N–H and O–H groups in total. The third kappa shape index (κ3) is 22.2. The summed E-state index contributed by atoms with van der Waals surface area (Å²) in [6.45, 7) is 9.51. The van der Waals surface area contributed by atoms with Crippen molar-refractivity contribution in [2.75, 3.05) is 0 Å². The first-order valence-corrected chi connectivity index (χ1v) is 13.2. The van der Waals surface area contributed by atoms with E-state index in [-0.39, 0.29) is 0 Å². The van der Waals surface area contributed by atoms with E-state index in [1.54, 1.807) is 0 Å². The number of hydrogen-bond donors (Lipinski definition) is 0. The second kappa shape index (κ2) is 22.3. The maximum absolute atomic E-state index is 2.49. The third-order valence-electron chi connectivity index (χ3n) is 6.64. The van der Waals surface area contributed by atoms with E-state index in [2.05, 4.69) is 27.7 Å². The molecule has 0 heterocycles. The molecule has 0 aliphatic rings. The Labute approximate surface area is 174 Å². The summed E-state index contributed by atoms with van der Waals surface area (Å²) in [6, 6.07) is 0. The van der Waals surface area contributed by atoms with Gasteiger partial charge in [0.1, 0.15) is 0 Å². The van der Waals surface area contributed by atoms with Gasteiger partial charge in [0.15, 0.2) is 0 Å². The molecule has 2 atom stereocenters. The van der Waals surface area contributed by atoms with E-state index in [9.17, 15) is 0 Å². The van der Waals surface area contributed by atoms with Crippen LogP contribution in [0.5, 0.6) is 0 Å². The standard InChI is InChI=1S/C27H56/c1-5-7-8-9-10-11-12-14-18-21-24-27(4)25-22-19-16-13-15-17-20-23-26(3)6-2/h26-27H,5-25H2,1-4H3. The largest absolute Gasteiger partial charge is 0.0654 e. The van der Waals surface area contributed by atoms with Gasteiger partial charge in [0, 0.05) is 0 Å². The third-order valence-corrected chi connectivity index (χ3v) is 6.64. The average Bonchev–Trinajstić information content (AvgIpc) is 2.67. The van der Waals surface area contributed by atoms with Gasteiger partial charge in [-0.2, -0.15) is 0 Å². The molecule has 0 aliphatic carbocycles. The first-order chi connectivity index (χ1) is 13.2. The van der Waals surface area contributed by atoms with Crippen LogP contribution in [0.25, 0.3) is 0 Å². The molecule has 0 aliphatic heterocycles. The lowest BCUT2D eigenvalue weighted by Gasteiger charge is -2.11. The summed E-state index contributed by atoms with van der Waals surface area (Å²) >= 11 is 0. The monoisotopic (exact) mass is 380 g/mol. The molecule has 0 radical (unpaired) electrons. The number of hydrogen-bond acceptors (Lipinski definition) is 0. The first-order valence-electron chi connectivity index (χ1n) is 13.2. The summed E-state index contributed by atoms with van der Waals surface area (Å²) in [6.07, 6.45) is 30.7. The van der Waals surface area contributed by atoms with Crippen molar-refractivity contribution in [2.45, 2.75) is 163 Å². The van der Waals surface area contributed by atoms with Gasteiger partial charge >= 0.3 is 0 Å². The molecule has 0 fully saturated rings. The van der Waals surface area contributed by atoms with E-state index in [1.807, 2.05) is 0 Å². The molecular formula is C27H56. The summed E-state index contributed by atoms with van der Waals surface area (Å²) in [4.78, 5) is 0. The molecule has 164 valence electrons. The van der Waals surface area contributed by atoms with Crippen molar-refractivity contribution >= 4 is 0 Å². The fourth-order valence-corrected chi connectivity index (χ4v) is 4.20. The zero-order valence-corrected chi connectivity index (χ0v) is 20.0. The molecule has 0 amide bonds. The summed E-state index contributed by atoms with van der Waals surface area (Å²) < 4.78 is 0. The Kier molecular flexibility index (Phi) is 22.3. The highest BCUT2D eigenvalue weighted by Gasteiger charge is 2.02. The molecular weight excluding hydrogens is 324 g/mol. The minimum Gasteiger partial charge on any atom is -0.0654 e. The van der Waals surface area contributed by atoms with Crippen LogP contribution in [0.4, 0.5) is 0 Å². The smallest absolute Gasteiger partial charge is 0.0443 e. The Morgan fingerprint density at radius 2 is 0.667 bits per heavy atom. The first kappa shape index (κ1) is 27.0. The molecule has 0 aromatic rings. The lowest BCUT2D eigenvalue weighted by molar-refractivity contribution is 0.428. The predicted molar refractivity (Wildman–Crippen MR) is 127 cm³/mol. The van der Waals surface area contributed by atoms with Crippen LogP contribution in [0.15, 0.2) is 0 Å². The van der Waals surface area contributed by atoms with Crippen molar-refractivity contribution in [3.8, 4) is 0 Å². The van der Waals surface area contributed by atoms with Crippen LogP contribution in [0.2, 0.25) is 0 Å². The minimum absolute atomic E-state index is 0.946. The summed E-state index contributed by atoms with van der Waals surface area (Å²) in [5.74, 6) is 1.91. The van der Waals surface area contributed by atoms with Crippen molar-refractivity contribution in [1.82, 2.24) is 0 Å². The molecule has 0 bridgehead atoms. The summed E-state index contributed by atoms with van der Waals surface area (Å²) in [5, 5.41) is 0. The van der Waals surface area contributed by atoms with Crippen molar-refractivity contribution < 1.29 is 0 Å². The highest BCUT2D eigenvalue weighted by atomic mass is 14.1. The van der Waals surface area contributed by atoms with Crippen molar-refractivity contribution in [1.29, 1.82) is 0 Å². The van der Waals surface area contributed by atoms with Gasteiger partial charge in [-0.1, -0.05) is 163 Å². The van der Waals surface area contributed by atoms with Crippen LogP contribution in [0, 0.1) is 11.8 Å². The molecule has 27 heavy (non-hydrogen) atoms. The Hall–Kier alpha value is 0. The molecule has 0 rings (SSSR count). The second-order valence-electron chi connectivity index (χ2n) is 9.64. The van der Waals surface area contributed by atoms with Crippen LogP contribution in [-0.2, 0) is 0 Å². The fraction of sp³-hybridized carbons (Fsp3) is 1.00. The van der Waals surface area contributed by atoms with Crippen molar-refractivity contribution in [3.05, 3.63) is 0 Å². The van der Waals surface area contributed by atoms with Crippen LogP contribution < -0.4 is 0 Å². The minimum atomic E-state index is 0.946. The molecule has 0 spiro atoms. The Morgan fingerprint density at radius 1 is 0.370 bits per heavy atom. The highest BCUT2D eigenvalue weighted by Crippen LogP contribution is 2.19. The Bertz CT molecular complexity index is 257. The molecule has 0 saturated heterocycles. The molecule has 0 heteroatoms. The number of rotatable bonds is 22. The quantitative estimate of drug-likeness (QED) is 0.164. The van der Waals surface area contributed by atoms with E-state index in [1.165, 1.54) is 135 Å². The van der Waals surface area contributed by atoms with Gasteiger partial charge in [0.25, 0.3) is 0 Å². The van der Waals surface area contributed by atoms with Gasteiger partial charge in [0.2, 0.25) is 0 Å². The van der Waals surface area contributed by atoms with Crippen LogP contribution in [0.1, 0.15) is 163 Å². The van der Waals surface area contributed by atoms with E-state index < -0.39 is 0 Å². The van der Waals surface area contributed by atoms with Crippen LogP contribution >= 0.6 is 0 Å². The Balaban J connectivity index is 3.16. The van der Waals surface area contributed by atoms with Crippen molar-refractivity contribution in [2.24, 2.45) is 11.8 Å². The van der Waals surface area contributed by atoms with Gasteiger partial charge in [-0.25, -0.2) is 0 Å². The van der Waals surface area contributed by atoms with Gasteiger partial charge < -0.3 is 0 Å². The van der Waals surface area contributed by atoms with Gasteiger partial charge in [-0.3, -0.25) is 0 Å². The molecule has 2 unspecified atom stereocenters. The molecule has 0 nitrogen and oxygen atoms in total. The van der Waals surface area contributed by atoms with E-state index in [0.717, 1.165) is 11.8 Å². The lowest BCUT2D eigenvalue weighted by atomic mass is 9.95. The van der Waals surface area contributed by atoms with Crippen LogP contribution in [-0.4, -0.2) is 0 Å². The fourth-order valence-electron chi connectivity index (χ4n) is 4.20. The normalized spacial score (nSPS) is 13.8. The maximum Gasteiger partial charge on any atom is -0.0443 e. The topological polar surface area (TPSA) is 0 Å². The van der Waals surface area contributed by atoms with Gasteiger partial charge in [-0.05, 0) is 11.8 Å². The molecule has 0 aromatic heterocycles. The lowest BCUT2D eigenvalue weighted by Crippen LogP contribution is -1.95. The summed E-state index contributed by atoms with van der Waals surface area (Å²) in [5.41, 5.74) is 0. The SMILES string of the molecule is CCCCCCCCCCCCC(C)CCCCCCCCCC(C)CC. The van der Waals surface area contributed by atoms with E-state index >= 15 is 0 Å². The molecule has 0 aromatic carbocycles. The zero-order chi connectivity index (χ0) is 20.0. The van der Waals surface area contributed by atoms with E-state index in [4.69, 9.17) is 0 Å². The number of unbranched alkanes of at least 4 members (excludes halogenated alkanes) is 15. The van der Waals surface area contributed by atoms with Crippen LogP contribution in [0.3, 0.4) is 0 Å². The van der Waals surface area contributed by atoms with Gasteiger partial charge in [0.05, 0.1) is 0 Å². The van der Waals surface area contributed by atoms with Gasteiger partial charge in [-0.15, -0.1) is 0 Å². The van der Waals surface area contributed by atoms with E-state index in [0.29, 0.717) is 0 Å². The average molecular weight is 381 g/mol. The Morgan fingerprint density at radius 3 is 1.00 bits per heavy atom. The molecule has 0 saturated carbocycles. The predicted octanol–water partition coefficient (Wildman–Crippen LogP) is 10.5. The van der Waals surface area contributed by atoms with Crippen molar-refractivity contribution in [3.63, 3.8) is 0 Å².